The Morgan fingerprint density at radius 1 is 1.40 bits per heavy atom. The predicted octanol–water partition coefficient (Wildman–Crippen LogP) is 4.32. The van der Waals surface area contributed by atoms with Crippen molar-refractivity contribution < 1.29 is 9.50 Å². The van der Waals surface area contributed by atoms with Crippen molar-refractivity contribution >= 4 is 11.3 Å². The first-order valence-corrected chi connectivity index (χ1v) is 7.84. The summed E-state index contributed by atoms with van der Waals surface area (Å²) in [6.07, 6.45) is 3.46. The topological polar surface area (TPSA) is 32.3 Å². The maximum atomic E-state index is 13.0. The summed E-state index contributed by atoms with van der Waals surface area (Å²) >= 11 is 1.82. The molecule has 1 heterocycles. The van der Waals surface area contributed by atoms with Gasteiger partial charge in [0.05, 0.1) is 0 Å². The summed E-state index contributed by atoms with van der Waals surface area (Å²) in [5, 5.41) is 15.6. The van der Waals surface area contributed by atoms with Crippen molar-refractivity contribution in [3.05, 3.63) is 51.5 Å². The van der Waals surface area contributed by atoms with Crippen molar-refractivity contribution in [2.75, 3.05) is 0 Å². The molecule has 0 saturated heterocycles. The fourth-order valence-corrected chi connectivity index (χ4v) is 3.92. The number of thiophene rings is 1. The number of hydrogen-bond acceptors (Lipinski definition) is 3. The van der Waals surface area contributed by atoms with E-state index in [1.165, 1.54) is 35.4 Å². The first-order chi connectivity index (χ1) is 9.65. The number of nitrogens with one attached hydrogen (secondary N) is 1. The molecule has 2 N–H and O–H groups in total. The van der Waals surface area contributed by atoms with E-state index in [0.717, 1.165) is 12.0 Å². The maximum absolute atomic E-state index is 13.0. The Hall–Kier alpha value is -1.39. The summed E-state index contributed by atoms with van der Waals surface area (Å²) in [7, 11) is 0. The highest BCUT2D eigenvalue weighted by atomic mass is 32.1. The van der Waals surface area contributed by atoms with Crippen molar-refractivity contribution in [1.29, 1.82) is 0 Å². The van der Waals surface area contributed by atoms with Crippen LogP contribution in [0.3, 0.4) is 0 Å². The summed E-state index contributed by atoms with van der Waals surface area (Å²) in [6, 6.07) is 6.72. The Morgan fingerprint density at radius 3 is 3.05 bits per heavy atom. The van der Waals surface area contributed by atoms with Crippen LogP contribution in [-0.4, -0.2) is 5.11 Å². The van der Waals surface area contributed by atoms with E-state index in [9.17, 15) is 9.50 Å². The lowest BCUT2D eigenvalue weighted by Gasteiger charge is -2.27. The Morgan fingerprint density at radius 2 is 2.25 bits per heavy atom. The van der Waals surface area contributed by atoms with Gasteiger partial charge in [0, 0.05) is 28.6 Å². The number of hydrogen-bond donors (Lipinski definition) is 2. The average molecular weight is 291 g/mol. The van der Waals surface area contributed by atoms with Crippen LogP contribution >= 0.6 is 11.3 Å². The minimum absolute atomic E-state index is 0.00792. The molecular formula is C16H18FNOS. The lowest BCUT2D eigenvalue weighted by atomic mass is 9.92. The number of halogens is 1. The molecule has 1 aromatic heterocycles. The average Bonchev–Trinajstić information content (AvgIpc) is 2.87. The molecule has 2 atom stereocenters. The van der Waals surface area contributed by atoms with Gasteiger partial charge in [-0.2, -0.15) is 0 Å². The van der Waals surface area contributed by atoms with Gasteiger partial charge in [-0.15, -0.1) is 11.3 Å². The maximum Gasteiger partial charge on any atom is 0.126 e. The van der Waals surface area contributed by atoms with E-state index >= 15 is 0 Å². The Bertz CT molecular complexity index is 610. The van der Waals surface area contributed by atoms with E-state index in [-0.39, 0.29) is 11.8 Å². The zero-order valence-electron chi connectivity index (χ0n) is 11.4. The van der Waals surface area contributed by atoms with Gasteiger partial charge >= 0.3 is 0 Å². The van der Waals surface area contributed by atoms with Gasteiger partial charge in [-0.25, -0.2) is 4.39 Å². The smallest absolute Gasteiger partial charge is 0.126 e. The zero-order valence-corrected chi connectivity index (χ0v) is 12.2. The van der Waals surface area contributed by atoms with E-state index in [1.807, 2.05) is 18.3 Å². The van der Waals surface area contributed by atoms with Gasteiger partial charge in [-0.3, -0.25) is 0 Å². The number of aryl methyl sites for hydroxylation is 1. The number of fused-ring (bicyclic) bond motifs is 1. The van der Waals surface area contributed by atoms with Crippen LogP contribution in [0.15, 0.2) is 29.6 Å². The number of benzene rings is 1. The molecule has 0 fully saturated rings. The van der Waals surface area contributed by atoms with Crippen molar-refractivity contribution in [3.8, 4) is 5.75 Å². The van der Waals surface area contributed by atoms with Crippen LogP contribution in [0.5, 0.6) is 5.75 Å². The Balaban J connectivity index is 1.79. The second-order valence-electron chi connectivity index (χ2n) is 5.34. The molecule has 2 nitrogen and oxygen atoms in total. The van der Waals surface area contributed by atoms with Gasteiger partial charge in [-0.05, 0) is 49.3 Å². The Kier molecular flexibility index (Phi) is 3.76. The summed E-state index contributed by atoms with van der Waals surface area (Å²) in [5.74, 6) is -0.386. The molecule has 0 radical (unpaired) electrons. The third-order valence-electron chi connectivity index (χ3n) is 3.96. The first-order valence-electron chi connectivity index (χ1n) is 6.96. The van der Waals surface area contributed by atoms with Gasteiger partial charge in [0.2, 0.25) is 0 Å². The molecule has 0 saturated carbocycles. The van der Waals surface area contributed by atoms with Crippen LogP contribution in [0.2, 0.25) is 0 Å². The van der Waals surface area contributed by atoms with Crippen LogP contribution in [0.1, 0.15) is 47.9 Å². The van der Waals surface area contributed by atoms with Crippen molar-refractivity contribution in [3.63, 3.8) is 0 Å². The fourth-order valence-electron chi connectivity index (χ4n) is 2.93. The van der Waals surface area contributed by atoms with Crippen molar-refractivity contribution in [2.45, 2.75) is 38.3 Å². The number of aromatic hydroxyl groups is 1. The molecule has 2 aromatic rings. The monoisotopic (exact) mass is 291 g/mol. The van der Waals surface area contributed by atoms with E-state index < -0.39 is 5.82 Å². The summed E-state index contributed by atoms with van der Waals surface area (Å²) < 4.78 is 13.0. The largest absolute Gasteiger partial charge is 0.508 e. The fraction of sp³-hybridized carbons (Fsp3) is 0.375. The molecule has 1 aromatic carbocycles. The van der Waals surface area contributed by atoms with Gasteiger partial charge in [0.25, 0.3) is 0 Å². The molecule has 1 aliphatic carbocycles. The van der Waals surface area contributed by atoms with Gasteiger partial charge in [-0.1, -0.05) is 6.07 Å². The standard InChI is InChI=1S/C16H18FNOS/c1-10(12-6-5-11(17)9-15(12)19)18-14-3-2-4-16-13(14)7-8-20-16/h5-10,14,18-19H,2-4H2,1H3. The Labute approximate surface area is 122 Å². The van der Waals surface area contributed by atoms with E-state index in [4.69, 9.17) is 0 Å². The first kappa shape index (κ1) is 13.6. The van der Waals surface area contributed by atoms with Crippen LogP contribution in [0.4, 0.5) is 4.39 Å². The molecule has 0 bridgehead atoms. The third kappa shape index (κ3) is 2.58. The molecule has 4 heteroatoms. The predicted molar refractivity (Wildman–Crippen MR) is 79.6 cm³/mol. The van der Waals surface area contributed by atoms with Gasteiger partial charge < -0.3 is 10.4 Å². The number of phenolic OH excluding ortho intramolecular Hbond substituents is 1. The van der Waals surface area contributed by atoms with Crippen LogP contribution in [0.25, 0.3) is 0 Å². The molecule has 0 aliphatic heterocycles. The highest BCUT2D eigenvalue weighted by Gasteiger charge is 2.23. The third-order valence-corrected chi connectivity index (χ3v) is 4.96. The molecule has 106 valence electrons. The molecule has 20 heavy (non-hydrogen) atoms. The summed E-state index contributed by atoms with van der Waals surface area (Å²) in [6.45, 7) is 2.01. The van der Waals surface area contributed by atoms with Crippen LogP contribution < -0.4 is 5.32 Å². The van der Waals surface area contributed by atoms with E-state index in [1.54, 1.807) is 6.07 Å². The number of rotatable bonds is 3. The van der Waals surface area contributed by atoms with E-state index in [2.05, 4.69) is 16.8 Å². The quantitative estimate of drug-likeness (QED) is 0.882. The second kappa shape index (κ2) is 5.54. The van der Waals surface area contributed by atoms with Crippen molar-refractivity contribution in [1.82, 2.24) is 5.32 Å². The highest BCUT2D eigenvalue weighted by Crippen LogP contribution is 2.35. The lowest BCUT2D eigenvalue weighted by molar-refractivity contribution is 0.400. The minimum atomic E-state index is -0.406. The van der Waals surface area contributed by atoms with Crippen LogP contribution in [0, 0.1) is 5.82 Å². The molecule has 0 spiro atoms. The lowest BCUT2D eigenvalue weighted by Crippen LogP contribution is -2.27. The zero-order chi connectivity index (χ0) is 14.1. The number of phenols is 1. The SMILES string of the molecule is CC(NC1CCCc2sccc21)c1ccc(F)cc1O. The normalized spacial score (nSPS) is 19.6. The molecule has 3 rings (SSSR count). The molecule has 2 unspecified atom stereocenters. The van der Waals surface area contributed by atoms with Crippen LogP contribution in [-0.2, 0) is 6.42 Å². The van der Waals surface area contributed by atoms with Gasteiger partial charge in [0.1, 0.15) is 11.6 Å². The minimum Gasteiger partial charge on any atom is -0.508 e. The van der Waals surface area contributed by atoms with Gasteiger partial charge in [0.15, 0.2) is 0 Å². The second-order valence-corrected chi connectivity index (χ2v) is 6.34. The van der Waals surface area contributed by atoms with Crippen molar-refractivity contribution in [2.24, 2.45) is 0 Å². The highest BCUT2D eigenvalue weighted by molar-refractivity contribution is 7.10. The molecular weight excluding hydrogens is 273 g/mol. The molecule has 1 aliphatic rings. The van der Waals surface area contributed by atoms with E-state index in [0.29, 0.717) is 6.04 Å². The summed E-state index contributed by atoms with van der Waals surface area (Å²) in [5.41, 5.74) is 2.13. The molecule has 0 amide bonds. The summed E-state index contributed by atoms with van der Waals surface area (Å²) in [4.78, 5) is 1.46.